The summed E-state index contributed by atoms with van der Waals surface area (Å²) in [5.41, 5.74) is 17.5. The zero-order valence-electron chi connectivity index (χ0n) is 45.5. The van der Waals surface area contributed by atoms with Crippen molar-refractivity contribution in [3.8, 4) is 22.3 Å². The number of rotatable bonds is 6. The Morgan fingerprint density at radius 2 is 0.500 bits per heavy atom. The van der Waals surface area contributed by atoms with Gasteiger partial charge in [0.25, 0.3) is 0 Å². The van der Waals surface area contributed by atoms with Crippen LogP contribution in [0.5, 0.6) is 0 Å². The van der Waals surface area contributed by atoms with Gasteiger partial charge in [0, 0.05) is 0 Å². The zero-order chi connectivity index (χ0) is 51.6. The van der Waals surface area contributed by atoms with Crippen molar-refractivity contribution >= 4 is 75.8 Å². The number of hydrogen-bond donors (Lipinski definition) is 0. The molecule has 0 heteroatoms. The maximum absolute atomic E-state index is 2.45. The van der Waals surface area contributed by atoms with Crippen molar-refractivity contribution < 1.29 is 0 Å². The molecule has 12 aromatic carbocycles. The first-order valence-electron chi connectivity index (χ1n) is 26.8. The van der Waals surface area contributed by atoms with Crippen LogP contribution in [0.15, 0.2) is 194 Å². The molecule has 0 fully saturated rings. The fraction of sp³-hybridized carbons (Fsp3) is 0.216. The van der Waals surface area contributed by atoms with E-state index in [0.29, 0.717) is 0 Å². The van der Waals surface area contributed by atoms with E-state index < -0.39 is 0 Å². The maximum atomic E-state index is 2.45. The van der Waals surface area contributed by atoms with E-state index in [1.54, 1.807) is 0 Å². The second-order valence-electron chi connectivity index (χ2n) is 25.4. The SMILES string of the molecule is CC(C)(C)c1ccc(C(=C(c2ccccc2-c2cc3ccc4cc(C(C)(C)C)cc5ccc(c2)c3c45)c2ccccc2-c2cc3ccc4cc(C(C)(C)C)cc5ccc(c2)c3c45)c2ccc(C(C)(C)C)cc2)cc1. The van der Waals surface area contributed by atoms with E-state index in [9.17, 15) is 0 Å². The largest absolute Gasteiger partial charge is 0.0616 e. The molecular formula is C74H68. The van der Waals surface area contributed by atoms with Crippen LogP contribution >= 0.6 is 0 Å². The predicted octanol–water partition coefficient (Wildman–Crippen LogP) is 21.0. The van der Waals surface area contributed by atoms with Gasteiger partial charge in [0.15, 0.2) is 0 Å². The van der Waals surface area contributed by atoms with Crippen LogP contribution in [0.2, 0.25) is 0 Å². The minimum atomic E-state index is 0.0103. The van der Waals surface area contributed by atoms with Gasteiger partial charge in [0.1, 0.15) is 0 Å². The Morgan fingerprint density at radius 3 is 0.770 bits per heavy atom. The van der Waals surface area contributed by atoms with E-state index in [2.05, 4.69) is 277 Å². The van der Waals surface area contributed by atoms with Crippen molar-refractivity contribution in [3.63, 3.8) is 0 Å². The van der Waals surface area contributed by atoms with Gasteiger partial charge in [0.05, 0.1) is 0 Å². The molecule has 0 unspecified atom stereocenters. The van der Waals surface area contributed by atoms with E-state index in [-0.39, 0.29) is 21.7 Å². The lowest BCUT2D eigenvalue weighted by atomic mass is 9.78. The van der Waals surface area contributed by atoms with Gasteiger partial charge in [-0.2, -0.15) is 0 Å². The Bertz CT molecular complexity index is 3760. The molecule has 74 heavy (non-hydrogen) atoms. The summed E-state index contributed by atoms with van der Waals surface area (Å²) in [6.45, 7) is 27.7. The van der Waals surface area contributed by atoms with Crippen LogP contribution in [0.4, 0.5) is 0 Å². The summed E-state index contributed by atoms with van der Waals surface area (Å²) < 4.78 is 0. The molecule has 0 aromatic heterocycles. The molecule has 0 spiro atoms. The Balaban J connectivity index is 1.14. The minimum absolute atomic E-state index is 0.0103. The molecule has 12 aromatic rings. The van der Waals surface area contributed by atoms with Crippen molar-refractivity contribution in [2.24, 2.45) is 0 Å². The van der Waals surface area contributed by atoms with E-state index in [4.69, 9.17) is 0 Å². The fourth-order valence-electron chi connectivity index (χ4n) is 11.9. The van der Waals surface area contributed by atoms with Crippen LogP contribution < -0.4 is 0 Å². The van der Waals surface area contributed by atoms with Gasteiger partial charge in [-0.1, -0.05) is 253 Å². The van der Waals surface area contributed by atoms with Gasteiger partial charge in [-0.15, -0.1) is 0 Å². The highest BCUT2D eigenvalue weighted by Crippen LogP contribution is 2.48. The molecule has 364 valence electrons. The topological polar surface area (TPSA) is 0 Å². The third-order valence-electron chi connectivity index (χ3n) is 16.1. The summed E-state index contributed by atoms with van der Waals surface area (Å²) in [5, 5.41) is 15.7. The molecule has 0 radical (unpaired) electrons. The molecule has 0 bridgehead atoms. The van der Waals surface area contributed by atoms with Gasteiger partial charge in [0.2, 0.25) is 0 Å². The Morgan fingerprint density at radius 1 is 0.243 bits per heavy atom. The molecule has 0 amide bonds. The fourth-order valence-corrected chi connectivity index (χ4v) is 11.9. The first-order valence-corrected chi connectivity index (χ1v) is 26.8. The minimum Gasteiger partial charge on any atom is -0.0616 e. The van der Waals surface area contributed by atoms with Gasteiger partial charge in [-0.3, -0.25) is 0 Å². The molecule has 0 saturated heterocycles. The average molecular weight is 957 g/mol. The predicted molar refractivity (Wildman–Crippen MR) is 324 cm³/mol. The molecule has 0 aliphatic rings. The molecule has 0 aliphatic heterocycles. The highest BCUT2D eigenvalue weighted by Gasteiger charge is 2.26. The first-order chi connectivity index (χ1) is 35.2. The van der Waals surface area contributed by atoms with E-state index in [1.807, 2.05) is 0 Å². The quantitative estimate of drug-likeness (QED) is 0.115. The molecule has 0 aliphatic carbocycles. The van der Waals surface area contributed by atoms with Crippen LogP contribution in [0, 0.1) is 0 Å². The standard InChI is InChI=1S/C74H68/c1-71(2,3)57-33-29-45(30-34-57)65(46-31-35-58(36-32-46)72(4,5)6)70(63-19-15-13-17-61(63)55-37-47-21-25-51-41-59(73(7,8)9)42-52-26-22-48(38-55)66(47)68(51)52)64-20-16-14-18-62(64)56-39-49-23-27-53-43-60(74(10,11)12)44-54-28-24-50(40-56)67(49)69(53)54/h13-44H,1-12H3. The van der Waals surface area contributed by atoms with Crippen molar-refractivity contribution in [1.82, 2.24) is 0 Å². The van der Waals surface area contributed by atoms with E-state index in [1.165, 1.54) is 143 Å². The summed E-state index contributed by atoms with van der Waals surface area (Å²) in [4.78, 5) is 0. The summed E-state index contributed by atoms with van der Waals surface area (Å²) in [6.07, 6.45) is 0. The molecule has 0 saturated carbocycles. The van der Waals surface area contributed by atoms with Crippen molar-refractivity contribution in [3.05, 3.63) is 239 Å². The van der Waals surface area contributed by atoms with E-state index in [0.717, 1.165) is 0 Å². The lowest BCUT2D eigenvalue weighted by molar-refractivity contribution is 0.590. The Kier molecular flexibility index (Phi) is 10.9. The lowest BCUT2D eigenvalue weighted by Gasteiger charge is -2.25. The lowest BCUT2D eigenvalue weighted by Crippen LogP contribution is -2.11. The summed E-state index contributed by atoms with van der Waals surface area (Å²) in [6, 6.07) is 75.4. The summed E-state index contributed by atoms with van der Waals surface area (Å²) in [7, 11) is 0. The maximum Gasteiger partial charge on any atom is -0.00143 e. The smallest absolute Gasteiger partial charge is 0.00143 e. The van der Waals surface area contributed by atoms with Gasteiger partial charge in [-0.25, -0.2) is 0 Å². The van der Waals surface area contributed by atoms with Crippen LogP contribution in [-0.2, 0) is 21.7 Å². The molecule has 0 nitrogen and oxygen atoms in total. The molecule has 12 rings (SSSR count). The van der Waals surface area contributed by atoms with Crippen molar-refractivity contribution in [1.29, 1.82) is 0 Å². The van der Waals surface area contributed by atoms with Crippen molar-refractivity contribution in [2.45, 2.75) is 105 Å². The molecule has 0 N–H and O–H groups in total. The Hall–Kier alpha value is -7.54. The highest BCUT2D eigenvalue weighted by atomic mass is 14.3. The van der Waals surface area contributed by atoms with E-state index >= 15 is 0 Å². The molecule has 0 heterocycles. The second-order valence-corrected chi connectivity index (χ2v) is 25.4. The summed E-state index contributed by atoms with van der Waals surface area (Å²) >= 11 is 0. The Labute approximate surface area is 439 Å². The van der Waals surface area contributed by atoms with Crippen molar-refractivity contribution in [2.75, 3.05) is 0 Å². The van der Waals surface area contributed by atoms with Gasteiger partial charge in [-0.05, 0) is 188 Å². The first kappa shape index (κ1) is 47.5. The highest BCUT2D eigenvalue weighted by molar-refractivity contribution is 6.25. The third kappa shape index (κ3) is 8.15. The summed E-state index contributed by atoms with van der Waals surface area (Å²) in [5.74, 6) is 0. The van der Waals surface area contributed by atoms with Gasteiger partial charge < -0.3 is 0 Å². The molecular weight excluding hydrogens is 889 g/mol. The van der Waals surface area contributed by atoms with Crippen LogP contribution in [-0.4, -0.2) is 0 Å². The number of benzene rings is 12. The monoisotopic (exact) mass is 957 g/mol. The normalized spacial score (nSPS) is 12.9. The third-order valence-corrected chi connectivity index (χ3v) is 16.1. The van der Waals surface area contributed by atoms with Gasteiger partial charge >= 0.3 is 0 Å². The second kappa shape index (κ2) is 17.0. The number of hydrogen-bond acceptors (Lipinski definition) is 0. The molecule has 0 atom stereocenters. The zero-order valence-corrected chi connectivity index (χ0v) is 45.5. The van der Waals surface area contributed by atoms with Crippen LogP contribution in [0.1, 0.15) is 128 Å². The van der Waals surface area contributed by atoms with Crippen LogP contribution in [0.25, 0.3) is 98.0 Å². The van der Waals surface area contributed by atoms with Crippen LogP contribution in [0.3, 0.4) is 0 Å². The average Bonchev–Trinajstić information content (AvgIpc) is 3.37.